The number of carbonyl (C=O) groups is 1. The summed E-state index contributed by atoms with van der Waals surface area (Å²) in [6, 6.07) is 12.0. The highest BCUT2D eigenvalue weighted by Gasteiger charge is 2.29. The van der Waals surface area contributed by atoms with Crippen molar-refractivity contribution < 1.29 is 14.0 Å². The predicted molar refractivity (Wildman–Crippen MR) is 104 cm³/mol. The van der Waals surface area contributed by atoms with Crippen molar-refractivity contribution in [2.75, 3.05) is 0 Å². The molecule has 1 aromatic heterocycles. The largest absolute Gasteiger partial charge is 0.382 e. The molecule has 2 N–H and O–H groups in total. The van der Waals surface area contributed by atoms with Crippen LogP contribution in [0.2, 0.25) is 0 Å². The molecule has 6 nitrogen and oxygen atoms in total. The maximum absolute atomic E-state index is 13.3. The number of H-pyrrole nitrogens is 1. The first kappa shape index (κ1) is 18.2. The van der Waals surface area contributed by atoms with Crippen molar-refractivity contribution in [2.24, 2.45) is 5.16 Å². The second kappa shape index (κ2) is 7.42. The van der Waals surface area contributed by atoms with Gasteiger partial charge in [-0.1, -0.05) is 23.4 Å². The Morgan fingerprint density at radius 2 is 2.21 bits per heavy atom. The average molecular weight is 380 g/mol. The normalized spacial score (nSPS) is 17.2. The maximum atomic E-state index is 13.3. The molecule has 3 aromatic rings. The molecule has 0 aliphatic carbocycles. The lowest BCUT2D eigenvalue weighted by Crippen LogP contribution is -2.36. The first-order valence-electron chi connectivity index (χ1n) is 9.20. The van der Waals surface area contributed by atoms with Crippen LogP contribution in [0.3, 0.4) is 0 Å². The SMILES string of the molecule is Cc1ccc2nc([C@H](C)NC(=O)[C@@H]3CC(Cc4cccc(F)c4)=NO3)[nH]c2c1. The molecule has 2 atom stereocenters. The minimum Gasteiger partial charge on any atom is -0.382 e. The maximum Gasteiger partial charge on any atom is 0.264 e. The first-order valence-corrected chi connectivity index (χ1v) is 9.20. The summed E-state index contributed by atoms with van der Waals surface area (Å²) in [6.07, 6.45) is 0.159. The number of imidazole rings is 1. The highest BCUT2D eigenvalue weighted by molar-refractivity contribution is 5.94. The summed E-state index contributed by atoms with van der Waals surface area (Å²) in [5.41, 5.74) is 4.46. The van der Waals surface area contributed by atoms with E-state index >= 15 is 0 Å². The Labute approximate surface area is 161 Å². The number of benzene rings is 2. The Bertz CT molecular complexity index is 1060. The lowest BCUT2D eigenvalue weighted by atomic mass is 10.0. The van der Waals surface area contributed by atoms with Gasteiger partial charge < -0.3 is 15.1 Å². The Morgan fingerprint density at radius 3 is 3.04 bits per heavy atom. The van der Waals surface area contributed by atoms with Crippen LogP contribution in [0.5, 0.6) is 0 Å². The molecule has 0 spiro atoms. The first-order chi connectivity index (χ1) is 13.5. The molecule has 2 aromatic carbocycles. The fourth-order valence-electron chi connectivity index (χ4n) is 3.28. The number of aromatic amines is 1. The number of nitrogens with one attached hydrogen (secondary N) is 2. The molecule has 0 bridgehead atoms. The molecule has 0 unspecified atom stereocenters. The molecule has 2 heterocycles. The van der Waals surface area contributed by atoms with E-state index in [1.54, 1.807) is 6.07 Å². The van der Waals surface area contributed by atoms with Gasteiger partial charge in [-0.3, -0.25) is 4.79 Å². The molecule has 1 amide bonds. The van der Waals surface area contributed by atoms with Gasteiger partial charge in [0.25, 0.3) is 5.91 Å². The monoisotopic (exact) mass is 380 g/mol. The van der Waals surface area contributed by atoms with E-state index in [0.29, 0.717) is 18.7 Å². The second-order valence-corrected chi connectivity index (χ2v) is 7.14. The number of nitrogens with zero attached hydrogens (tertiary/aromatic N) is 2. The summed E-state index contributed by atoms with van der Waals surface area (Å²) in [7, 11) is 0. The predicted octanol–water partition coefficient (Wildman–Crippen LogP) is 3.58. The van der Waals surface area contributed by atoms with Crippen molar-refractivity contribution in [1.29, 1.82) is 0 Å². The topological polar surface area (TPSA) is 79.4 Å². The van der Waals surface area contributed by atoms with E-state index in [2.05, 4.69) is 20.4 Å². The van der Waals surface area contributed by atoms with Crippen molar-refractivity contribution in [1.82, 2.24) is 15.3 Å². The van der Waals surface area contributed by atoms with Crippen molar-refractivity contribution >= 4 is 22.7 Å². The highest BCUT2D eigenvalue weighted by atomic mass is 19.1. The zero-order valence-electron chi connectivity index (χ0n) is 15.7. The van der Waals surface area contributed by atoms with E-state index in [-0.39, 0.29) is 17.8 Å². The van der Waals surface area contributed by atoms with Gasteiger partial charge in [-0.15, -0.1) is 0 Å². The third-order valence-corrected chi connectivity index (χ3v) is 4.74. The number of hydrogen-bond acceptors (Lipinski definition) is 4. The van der Waals surface area contributed by atoms with Gasteiger partial charge >= 0.3 is 0 Å². The van der Waals surface area contributed by atoms with Gasteiger partial charge in [-0.05, 0) is 49.2 Å². The van der Waals surface area contributed by atoms with E-state index in [1.165, 1.54) is 12.1 Å². The molecule has 144 valence electrons. The number of oxime groups is 1. The molecule has 0 radical (unpaired) electrons. The number of aromatic nitrogens is 2. The number of carbonyl (C=O) groups excluding carboxylic acids is 1. The van der Waals surface area contributed by atoms with Crippen LogP contribution in [-0.2, 0) is 16.1 Å². The van der Waals surface area contributed by atoms with Crippen molar-refractivity contribution in [3.05, 3.63) is 65.2 Å². The number of fused-ring (bicyclic) bond motifs is 1. The molecule has 1 aliphatic heterocycles. The van der Waals surface area contributed by atoms with Crippen molar-refractivity contribution in [2.45, 2.75) is 38.8 Å². The van der Waals surface area contributed by atoms with Gasteiger partial charge in [-0.25, -0.2) is 9.37 Å². The number of halogens is 1. The Balaban J connectivity index is 1.36. The summed E-state index contributed by atoms with van der Waals surface area (Å²) in [5, 5.41) is 6.91. The third kappa shape index (κ3) is 3.88. The molecule has 4 rings (SSSR count). The zero-order valence-corrected chi connectivity index (χ0v) is 15.7. The summed E-state index contributed by atoms with van der Waals surface area (Å²) in [6.45, 7) is 3.88. The van der Waals surface area contributed by atoms with Crippen LogP contribution in [0.25, 0.3) is 11.0 Å². The summed E-state index contributed by atoms with van der Waals surface area (Å²) < 4.78 is 13.3. The average Bonchev–Trinajstić information content (AvgIpc) is 3.28. The molecule has 0 fully saturated rings. The molecule has 28 heavy (non-hydrogen) atoms. The smallest absolute Gasteiger partial charge is 0.264 e. The van der Waals surface area contributed by atoms with Gasteiger partial charge in [0, 0.05) is 12.8 Å². The van der Waals surface area contributed by atoms with E-state index in [9.17, 15) is 9.18 Å². The molecule has 1 aliphatic rings. The number of rotatable bonds is 5. The van der Waals surface area contributed by atoms with E-state index in [1.807, 2.05) is 38.1 Å². The lowest BCUT2D eigenvalue weighted by Gasteiger charge is -2.14. The van der Waals surface area contributed by atoms with Crippen LogP contribution < -0.4 is 5.32 Å². The third-order valence-electron chi connectivity index (χ3n) is 4.74. The molecular weight excluding hydrogens is 359 g/mol. The van der Waals surface area contributed by atoms with Gasteiger partial charge in [0.2, 0.25) is 6.10 Å². The van der Waals surface area contributed by atoms with Crippen molar-refractivity contribution in [3.8, 4) is 0 Å². The minimum absolute atomic E-state index is 0.248. The van der Waals surface area contributed by atoms with Crippen LogP contribution in [0.1, 0.15) is 36.3 Å². The number of hydrogen-bond donors (Lipinski definition) is 2. The fourth-order valence-corrected chi connectivity index (χ4v) is 3.28. The molecule has 0 saturated heterocycles. The summed E-state index contributed by atoms with van der Waals surface area (Å²) >= 11 is 0. The Morgan fingerprint density at radius 1 is 1.36 bits per heavy atom. The van der Waals surface area contributed by atoms with Gasteiger partial charge in [-0.2, -0.15) is 0 Å². The fraction of sp³-hybridized carbons (Fsp3) is 0.286. The Hall–Kier alpha value is -3.22. The second-order valence-electron chi connectivity index (χ2n) is 7.14. The standard InChI is InChI=1S/C21H21FN4O2/c1-12-6-7-17-18(8-12)25-20(24-17)13(2)23-21(27)19-11-16(26-28-19)10-14-4-3-5-15(22)9-14/h3-9,13,19H,10-11H2,1-2H3,(H,23,27)(H,24,25)/t13-,19-/m0/s1. The quantitative estimate of drug-likeness (QED) is 0.710. The van der Waals surface area contributed by atoms with Crippen LogP contribution >= 0.6 is 0 Å². The van der Waals surface area contributed by atoms with E-state index in [4.69, 9.17) is 4.84 Å². The van der Waals surface area contributed by atoms with Gasteiger partial charge in [0.1, 0.15) is 11.6 Å². The van der Waals surface area contributed by atoms with Crippen LogP contribution in [0.4, 0.5) is 4.39 Å². The van der Waals surface area contributed by atoms with Gasteiger partial charge in [0.05, 0.1) is 22.8 Å². The number of amides is 1. The summed E-state index contributed by atoms with van der Waals surface area (Å²) in [5.74, 6) is 0.149. The van der Waals surface area contributed by atoms with Crippen molar-refractivity contribution in [3.63, 3.8) is 0 Å². The van der Waals surface area contributed by atoms with Crippen LogP contribution in [-0.4, -0.2) is 27.7 Å². The highest BCUT2D eigenvalue weighted by Crippen LogP contribution is 2.19. The van der Waals surface area contributed by atoms with Crippen LogP contribution in [0.15, 0.2) is 47.6 Å². The minimum atomic E-state index is -0.683. The van der Waals surface area contributed by atoms with E-state index < -0.39 is 6.10 Å². The van der Waals surface area contributed by atoms with Crippen LogP contribution in [0, 0.1) is 12.7 Å². The molecule has 7 heteroatoms. The molecule has 0 saturated carbocycles. The lowest BCUT2D eigenvalue weighted by molar-refractivity contribution is -0.131. The summed E-state index contributed by atoms with van der Waals surface area (Å²) in [4.78, 5) is 25.6. The zero-order chi connectivity index (χ0) is 19.7. The van der Waals surface area contributed by atoms with E-state index in [0.717, 1.165) is 27.9 Å². The molecular formula is C21H21FN4O2. The number of aryl methyl sites for hydroxylation is 1. The van der Waals surface area contributed by atoms with Gasteiger partial charge in [0.15, 0.2) is 0 Å². The Kier molecular flexibility index (Phi) is 4.81.